The molecule has 0 saturated carbocycles. The molecule has 88 valence electrons. The zero-order valence-corrected chi connectivity index (χ0v) is 9.07. The number of aliphatic carboxylic acids is 1. The minimum atomic E-state index is -3.93. The second-order valence-corrected chi connectivity index (χ2v) is 4.79. The van der Waals surface area contributed by atoms with Crippen molar-refractivity contribution in [2.45, 2.75) is 6.61 Å². The van der Waals surface area contributed by atoms with Gasteiger partial charge >= 0.3 is 5.97 Å². The fourth-order valence-electron chi connectivity index (χ4n) is 1.12. The highest BCUT2D eigenvalue weighted by Gasteiger charge is 2.16. The van der Waals surface area contributed by atoms with Gasteiger partial charge < -0.3 is 10.2 Å². The Morgan fingerprint density at radius 3 is 2.50 bits per heavy atom. The van der Waals surface area contributed by atoms with E-state index in [0.29, 0.717) is 5.56 Å². The first-order chi connectivity index (χ1) is 7.44. The van der Waals surface area contributed by atoms with Crippen molar-refractivity contribution in [3.63, 3.8) is 0 Å². The van der Waals surface area contributed by atoms with Crippen molar-refractivity contribution in [3.8, 4) is 0 Å². The van der Waals surface area contributed by atoms with E-state index in [0.717, 1.165) is 0 Å². The largest absolute Gasteiger partial charge is 0.480 e. The number of aliphatic hydroxyl groups excluding tert-OH is 1. The summed E-state index contributed by atoms with van der Waals surface area (Å²) in [5.74, 6) is -2.44. The first kappa shape index (κ1) is 12.5. The average molecular weight is 245 g/mol. The van der Waals surface area contributed by atoms with Gasteiger partial charge in [-0.2, -0.15) is 0 Å². The molecular formula is C9H11NO5S. The molecule has 7 heteroatoms. The Morgan fingerprint density at radius 1 is 1.31 bits per heavy atom. The molecule has 0 amide bonds. The van der Waals surface area contributed by atoms with Crippen LogP contribution in [0.5, 0.6) is 0 Å². The molecule has 0 aliphatic heterocycles. The van der Waals surface area contributed by atoms with Crippen molar-refractivity contribution in [2.24, 2.45) is 0 Å². The van der Waals surface area contributed by atoms with E-state index in [1.54, 1.807) is 18.2 Å². The van der Waals surface area contributed by atoms with E-state index in [1.165, 1.54) is 6.07 Å². The van der Waals surface area contributed by atoms with Gasteiger partial charge in [-0.25, -0.2) is 8.42 Å². The predicted octanol–water partition coefficient (Wildman–Crippen LogP) is 0.00520. The number of carboxylic acids is 1. The molecule has 1 rings (SSSR count). The van der Waals surface area contributed by atoms with Gasteiger partial charge in [0, 0.05) is 5.56 Å². The third kappa shape index (κ3) is 3.52. The smallest absolute Gasteiger partial charge is 0.320 e. The van der Waals surface area contributed by atoms with Crippen LogP contribution < -0.4 is 4.72 Å². The van der Waals surface area contributed by atoms with Gasteiger partial charge in [0.15, 0.2) is 5.75 Å². The Kier molecular flexibility index (Phi) is 3.86. The Bertz CT molecular complexity index is 482. The maximum Gasteiger partial charge on any atom is 0.320 e. The summed E-state index contributed by atoms with van der Waals surface area (Å²) < 4.78 is 24.7. The standard InChI is InChI=1S/C9H11NO5S/c11-5-7-3-1-2-4-8(7)10-16(14,15)6-9(12)13/h1-4,10-11H,5-6H2,(H,12,13). The van der Waals surface area contributed by atoms with Gasteiger partial charge in [-0.05, 0) is 6.07 Å². The highest BCUT2D eigenvalue weighted by atomic mass is 32.2. The molecule has 0 bridgehead atoms. The van der Waals surface area contributed by atoms with Gasteiger partial charge in [-0.15, -0.1) is 0 Å². The van der Waals surface area contributed by atoms with Crippen LogP contribution in [0.15, 0.2) is 24.3 Å². The Labute approximate surface area is 92.6 Å². The van der Waals surface area contributed by atoms with Crippen molar-refractivity contribution in [2.75, 3.05) is 10.5 Å². The molecule has 0 aliphatic carbocycles. The molecule has 0 aromatic heterocycles. The number of benzene rings is 1. The predicted molar refractivity (Wildman–Crippen MR) is 57.4 cm³/mol. The van der Waals surface area contributed by atoms with Gasteiger partial charge in [-0.1, -0.05) is 18.2 Å². The van der Waals surface area contributed by atoms with E-state index in [2.05, 4.69) is 4.72 Å². The van der Waals surface area contributed by atoms with E-state index in [9.17, 15) is 13.2 Å². The fraction of sp³-hybridized carbons (Fsp3) is 0.222. The Morgan fingerprint density at radius 2 is 1.94 bits per heavy atom. The lowest BCUT2D eigenvalue weighted by Gasteiger charge is -2.09. The number of carbonyl (C=O) groups is 1. The molecule has 16 heavy (non-hydrogen) atoms. The summed E-state index contributed by atoms with van der Waals surface area (Å²) >= 11 is 0. The van der Waals surface area contributed by atoms with Crippen molar-refractivity contribution >= 4 is 21.7 Å². The normalized spacial score (nSPS) is 11.1. The topological polar surface area (TPSA) is 104 Å². The molecule has 0 atom stereocenters. The monoisotopic (exact) mass is 245 g/mol. The second-order valence-electron chi connectivity index (χ2n) is 3.07. The highest BCUT2D eigenvalue weighted by molar-refractivity contribution is 7.93. The number of sulfonamides is 1. The zero-order valence-electron chi connectivity index (χ0n) is 8.25. The number of nitrogens with one attached hydrogen (secondary N) is 1. The molecule has 0 fully saturated rings. The van der Waals surface area contributed by atoms with Crippen LogP contribution in [0.1, 0.15) is 5.56 Å². The summed E-state index contributed by atoms with van der Waals surface area (Å²) in [4.78, 5) is 10.3. The lowest BCUT2D eigenvalue weighted by atomic mass is 10.2. The highest BCUT2D eigenvalue weighted by Crippen LogP contribution is 2.16. The van der Waals surface area contributed by atoms with Gasteiger partial charge in [0.2, 0.25) is 10.0 Å². The maximum absolute atomic E-state index is 11.3. The fourth-order valence-corrected chi connectivity index (χ4v) is 2.06. The summed E-state index contributed by atoms with van der Waals surface area (Å²) in [5.41, 5.74) is 0.572. The van der Waals surface area contributed by atoms with E-state index in [4.69, 9.17) is 10.2 Å². The maximum atomic E-state index is 11.3. The van der Waals surface area contributed by atoms with Crippen LogP contribution in [-0.4, -0.2) is 30.4 Å². The number of anilines is 1. The summed E-state index contributed by atoms with van der Waals surface area (Å²) in [6.45, 7) is -0.328. The number of rotatable bonds is 5. The van der Waals surface area contributed by atoms with Crippen molar-refractivity contribution in [1.82, 2.24) is 0 Å². The molecular weight excluding hydrogens is 234 g/mol. The first-order valence-electron chi connectivity index (χ1n) is 4.35. The molecule has 0 spiro atoms. The summed E-state index contributed by atoms with van der Waals surface area (Å²) in [7, 11) is -3.93. The van der Waals surface area contributed by atoms with Gasteiger partial charge in [0.1, 0.15) is 0 Å². The van der Waals surface area contributed by atoms with Gasteiger partial charge in [-0.3, -0.25) is 9.52 Å². The summed E-state index contributed by atoms with van der Waals surface area (Å²) in [6, 6.07) is 6.21. The summed E-state index contributed by atoms with van der Waals surface area (Å²) in [5, 5.41) is 17.3. The lowest BCUT2D eigenvalue weighted by molar-refractivity contribution is -0.134. The van der Waals surface area contributed by atoms with Crippen LogP contribution in [0, 0.1) is 0 Å². The van der Waals surface area contributed by atoms with Crippen molar-refractivity contribution in [3.05, 3.63) is 29.8 Å². The molecule has 0 aliphatic rings. The minimum Gasteiger partial charge on any atom is -0.480 e. The number of hydrogen-bond donors (Lipinski definition) is 3. The van der Waals surface area contributed by atoms with E-state index in [1.807, 2.05) is 0 Å². The SMILES string of the molecule is O=C(O)CS(=O)(=O)Nc1ccccc1CO. The molecule has 0 heterocycles. The Hall–Kier alpha value is -1.60. The molecule has 1 aromatic carbocycles. The number of aliphatic hydroxyl groups is 1. The van der Waals surface area contributed by atoms with Crippen LogP contribution in [0.4, 0.5) is 5.69 Å². The van der Waals surface area contributed by atoms with Crippen LogP contribution in [0.3, 0.4) is 0 Å². The number of carboxylic acid groups (broad SMARTS) is 1. The minimum absolute atomic E-state index is 0.186. The van der Waals surface area contributed by atoms with Crippen LogP contribution >= 0.6 is 0 Å². The van der Waals surface area contributed by atoms with Crippen LogP contribution in [-0.2, 0) is 21.4 Å². The van der Waals surface area contributed by atoms with Gasteiger partial charge in [0.05, 0.1) is 12.3 Å². The lowest BCUT2D eigenvalue weighted by Crippen LogP contribution is -2.22. The van der Waals surface area contributed by atoms with E-state index >= 15 is 0 Å². The first-order valence-corrected chi connectivity index (χ1v) is 6.01. The van der Waals surface area contributed by atoms with Gasteiger partial charge in [0.25, 0.3) is 0 Å². The third-order valence-corrected chi connectivity index (χ3v) is 2.92. The third-order valence-electron chi connectivity index (χ3n) is 1.77. The number of para-hydroxylation sites is 1. The molecule has 0 radical (unpaired) electrons. The van der Waals surface area contributed by atoms with Crippen molar-refractivity contribution < 1.29 is 23.4 Å². The molecule has 6 nitrogen and oxygen atoms in total. The number of hydrogen-bond acceptors (Lipinski definition) is 4. The van der Waals surface area contributed by atoms with Crippen LogP contribution in [0.25, 0.3) is 0 Å². The Balaban J connectivity index is 2.92. The average Bonchev–Trinajstić information content (AvgIpc) is 2.15. The summed E-state index contributed by atoms with van der Waals surface area (Å²) in [6.07, 6.45) is 0. The van der Waals surface area contributed by atoms with E-state index < -0.39 is 21.7 Å². The molecule has 1 aromatic rings. The van der Waals surface area contributed by atoms with E-state index in [-0.39, 0.29) is 12.3 Å². The van der Waals surface area contributed by atoms with Crippen LogP contribution in [0.2, 0.25) is 0 Å². The zero-order chi connectivity index (χ0) is 12.2. The molecule has 3 N–H and O–H groups in total. The second kappa shape index (κ2) is 4.95. The molecule has 0 saturated heterocycles. The van der Waals surface area contributed by atoms with Crippen molar-refractivity contribution in [1.29, 1.82) is 0 Å². The quantitative estimate of drug-likeness (QED) is 0.677. The molecule has 0 unspecified atom stereocenters.